The van der Waals surface area contributed by atoms with Gasteiger partial charge in [-0.15, -0.1) is 0 Å². The van der Waals surface area contributed by atoms with E-state index in [0.717, 1.165) is 28.4 Å². The number of alkyl carbamates (subject to hydrolysis) is 2. The lowest BCUT2D eigenvalue weighted by Crippen LogP contribution is -2.49. The molecule has 4 atom stereocenters. The van der Waals surface area contributed by atoms with Gasteiger partial charge in [-0.1, -0.05) is 72.6 Å². The summed E-state index contributed by atoms with van der Waals surface area (Å²) in [5.41, 5.74) is 3.01. The third-order valence-electron chi connectivity index (χ3n) is 10.1. The molecular formula is C42H44N10O6S. The largest absolute Gasteiger partial charge is 0.453 e. The van der Waals surface area contributed by atoms with Crippen molar-refractivity contribution in [1.29, 1.82) is 0 Å². The molecule has 2 aliphatic rings. The lowest BCUT2D eigenvalue weighted by atomic mass is 10.1. The molecule has 2 saturated heterocycles. The van der Waals surface area contributed by atoms with Crippen molar-refractivity contribution in [2.45, 2.75) is 56.8 Å². The summed E-state index contributed by atoms with van der Waals surface area (Å²) in [6.45, 7) is 6.94. The van der Waals surface area contributed by atoms with E-state index in [1.54, 1.807) is 46.5 Å². The Morgan fingerprint density at radius 2 is 1.58 bits per heavy atom. The van der Waals surface area contributed by atoms with Gasteiger partial charge in [-0.3, -0.25) is 14.0 Å². The van der Waals surface area contributed by atoms with E-state index in [1.807, 2.05) is 54.1 Å². The van der Waals surface area contributed by atoms with E-state index >= 15 is 0 Å². The molecule has 0 radical (unpaired) electrons. The van der Waals surface area contributed by atoms with Crippen molar-refractivity contribution < 1.29 is 28.7 Å². The molecular weight excluding hydrogens is 773 g/mol. The Hall–Kier alpha value is -6.93. The quantitative estimate of drug-likeness (QED) is 0.0950. The van der Waals surface area contributed by atoms with Crippen LogP contribution in [0.15, 0.2) is 91.6 Å². The highest BCUT2D eigenvalue weighted by Crippen LogP contribution is 2.35. The van der Waals surface area contributed by atoms with Crippen LogP contribution in [0, 0.1) is 11.8 Å². The van der Waals surface area contributed by atoms with E-state index < -0.39 is 24.3 Å². The summed E-state index contributed by atoms with van der Waals surface area (Å²) in [5.74, 6) is 6.94. The van der Waals surface area contributed by atoms with Gasteiger partial charge in [0.25, 0.3) is 11.8 Å². The van der Waals surface area contributed by atoms with Crippen LogP contribution in [0.2, 0.25) is 0 Å². The number of nitrogens with zero attached hydrogens (tertiary/aromatic N) is 6. The zero-order chi connectivity index (χ0) is 41.5. The summed E-state index contributed by atoms with van der Waals surface area (Å²) in [6, 6.07) is 6.55. The molecule has 0 aliphatic carbocycles. The predicted octanol–water partition coefficient (Wildman–Crippen LogP) is 5.75. The Kier molecular flexibility index (Phi) is 12.4. The molecule has 1 unspecified atom stereocenters. The maximum atomic E-state index is 13.8. The van der Waals surface area contributed by atoms with Crippen molar-refractivity contribution in [3.63, 3.8) is 0 Å². The molecule has 7 rings (SSSR count). The molecule has 304 valence electrons. The standard InChI is InChI=1S/C42H44N10O6S/c1-5-6-8-13-26(2)34(48-41(55)57-3)38(53)51-20-12-17-32(51)37-44-23-30(47-37)33-25-50-24-29(46-40(50)59-33)19-18-28-22-43-36(45-28)31-16-11-21-52(31)39(54)35(49-42(56)58-4)27-14-9-7-10-15-27/h5-10,13-15,22-25,31-32,34-35H,2,11-12,16-17,20-21H2,1,3-4H3,(H,43,45)(H,44,47)(H,48,55)(H,49,56)/b6-5-,13-8-/t31-,32?,34+,35+/m0/s1. The Morgan fingerprint density at radius 1 is 0.898 bits per heavy atom. The average Bonchev–Trinajstić information content (AvgIpc) is 4.10. The second-order valence-electron chi connectivity index (χ2n) is 13.9. The summed E-state index contributed by atoms with van der Waals surface area (Å²) < 4.78 is 11.5. The number of aromatic nitrogens is 6. The number of aromatic amines is 2. The first-order valence-corrected chi connectivity index (χ1v) is 19.9. The van der Waals surface area contributed by atoms with Crippen molar-refractivity contribution in [3.05, 3.63) is 120 Å². The Labute approximate surface area is 344 Å². The molecule has 6 heterocycles. The number of amides is 4. The minimum atomic E-state index is -0.999. The van der Waals surface area contributed by atoms with Crippen LogP contribution in [0.4, 0.5) is 9.59 Å². The van der Waals surface area contributed by atoms with Gasteiger partial charge in [0.05, 0.1) is 49.3 Å². The number of benzene rings is 1. The van der Waals surface area contributed by atoms with Gasteiger partial charge >= 0.3 is 12.2 Å². The predicted molar refractivity (Wildman–Crippen MR) is 220 cm³/mol. The van der Waals surface area contributed by atoms with Crippen molar-refractivity contribution in [2.24, 2.45) is 0 Å². The van der Waals surface area contributed by atoms with Crippen LogP contribution >= 0.6 is 11.3 Å². The molecule has 4 amide bonds. The number of likely N-dealkylation sites (tertiary alicyclic amines) is 2. The number of methoxy groups -OCH3 is 2. The third kappa shape index (κ3) is 8.97. The normalized spacial score (nSPS) is 17.5. The number of H-pyrrole nitrogens is 2. The van der Waals surface area contributed by atoms with Crippen molar-refractivity contribution >= 4 is 40.3 Å². The fourth-order valence-corrected chi connectivity index (χ4v) is 8.19. The van der Waals surface area contributed by atoms with Crippen LogP contribution in [-0.4, -0.2) is 96.5 Å². The van der Waals surface area contributed by atoms with E-state index in [9.17, 15) is 19.2 Å². The molecule has 4 N–H and O–H groups in total. The third-order valence-corrected chi connectivity index (χ3v) is 11.2. The first-order valence-electron chi connectivity index (χ1n) is 19.1. The number of imidazole rings is 3. The van der Waals surface area contributed by atoms with E-state index in [2.05, 4.69) is 49.0 Å². The van der Waals surface area contributed by atoms with Gasteiger partial charge in [0.1, 0.15) is 35.1 Å². The van der Waals surface area contributed by atoms with Crippen LogP contribution < -0.4 is 10.6 Å². The molecule has 0 bridgehead atoms. The number of rotatable bonds is 11. The number of thiazole rings is 1. The summed E-state index contributed by atoms with van der Waals surface area (Å²) in [6.07, 6.45) is 15.9. The molecule has 17 heteroatoms. The first-order chi connectivity index (χ1) is 28.7. The van der Waals surface area contributed by atoms with Crippen LogP contribution in [0.5, 0.6) is 0 Å². The van der Waals surface area contributed by atoms with Crippen molar-refractivity contribution in [3.8, 4) is 22.4 Å². The number of ether oxygens (including phenoxy) is 2. The molecule has 16 nitrogen and oxygen atoms in total. The van der Waals surface area contributed by atoms with Crippen LogP contribution in [-0.2, 0) is 19.1 Å². The highest BCUT2D eigenvalue weighted by atomic mass is 32.1. The van der Waals surface area contributed by atoms with Gasteiger partial charge in [0, 0.05) is 25.5 Å². The zero-order valence-corrected chi connectivity index (χ0v) is 33.6. The lowest BCUT2D eigenvalue weighted by molar-refractivity contribution is -0.135. The number of carbonyl (C=O) groups is 4. The minimum absolute atomic E-state index is 0.248. The van der Waals surface area contributed by atoms with E-state index in [-0.39, 0.29) is 23.9 Å². The summed E-state index contributed by atoms with van der Waals surface area (Å²) in [7, 11) is 2.51. The maximum absolute atomic E-state index is 13.8. The number of hydrogen-bond acceptors (Lipinski definition) is 10. The molecule has 1 aromatic carbocycles. The summed E-state index contributed by atoms with van der Waals surface area (Å²) in [4.78, 5) is 77.7. The SMILES string of the molecule is C=C(/C=C\C=C/C)[C@@H](NC(=O)OC)C(=O)N1CCCC1c1ncc(-c2cn3cc(C#Cc4cnc([C@@H]5CCCN5C(=O)[C@H](NC(=O)OC)c5ccccc5)[nH]4)nc3s2)[nH]1. The molecule has 5 aromatic rings. The highest BCUT2D eigenvalue weighted by molar-refractivity contribution is 7.20. The van der Waals surface area contributed by atoms with Gasteiger partial charge in [-0.2, -0.15) is 0 Å². The molecule has 2 aliphatic heterocycles. The first kappa shape index (κ1) is 40.3. The lowest BCUT2D eigenvalue weighted by Gasteiger charge is -2.28. The smallest absolute Gasteiger partial charge is 0.407 e. The second kappa shape index (κ2) is 18.1. The fraction of sp³-hybridized carbons (Fsp3) is 0.310. The Morgan fingerprint density at radius 3 is 2.27 bits per heavy atom. The van der Waals surface area contributed by atoms with Gasteiger partial charge in [0.15, 0.2) is 4.96 Å². The maximum Gasteiger partial charge on any atom is 0.407 e. The Bertz CT molecular complexity index is 2440. The van der Waals surface area contributed by atoms with Gasteiger partial charge in [0.2, 0.25) is 0 Å². The summed E-state index contributed by atoms with van der Waals surface area (Å²) >= 11 is 1.47. The van der Waals surface area contributed by atoms with Gasteiger partial charge in [-0.05, 0) is 55.6 Å². The average molecular weight is 817 g/mol. The molecule has 59 heavy (non-hydrogen) atoms. The minimum Gasteiger partial charge on any atom is -0.453 e. The molecule has 0 spiro atoms. The van der Waals surface area contributed by atoms with Crippen LogP contribution in [0.25, 0.3) is 15.5 Å². The highest BCUT2D eigenvalue weighted by Gasteiger charge is 2.38. The number of fused-ring (bicyclic) bond motifs is 1. The molecule has 4 aromatic heterocycles. The zero-order valence-electron chi connectivity index (χ0n) is 32.8. The van der Waals surface area contributed by atoms with Crippen molar-refractivity contribution in [2.75, 3.05) is 27.3 Å². The second-order valence-corrected chi connectivity index (χ2v) is 14.9. The fourth-order valence-electron chi connectivity index (χ4n) is 7.26. The molecule has 0 saturated carbocycles. The van der Waals surface area contributed by atoms with E-state index in [1.165, 1.54) is 25.6 Å². The number of nitrogens with one attached hydrogen (secondary N) is 4. The summed E-state index contributed by atoms with van der Waals surface area (Å²) in [5, 5.41) is 5.32. The van der Waals surface area contributed by atoms with Crippen molar-refractivity contribution in [1.82, 2.24) is 49.8 Å². The topological polar surface area (TPSA) is 192 Å². The van der Waals surface area contributed by atoms with Crippen LogP contribution in [0.1, 0.15) is 79.3 Å². The number of hydrogen-bond donors (Lipinski definition) is 4. The monoisotopic (exact) mass is 816 g/mol. The Balaban J connectivity index is 1.02. The molecule has 2 fully saturated rings. The number of allylic oxidation sites excluding steroid dienone is 3. The van der Waals surface area contributed by atoms with E-state index in [4.69, 9.17) is 14.5 Å². The van der Waals surface area contributed by atoms with Crippen LogP contribution in [0.3, 0.4) is 0 Å². The van der Waals surface area contributed by atoms with Gasteiger partial charge < -0.3 is 39.9 Å². The van der Waals surface area contributed by atoms with E-state index in [0.29, 0.717) is 60.1 Å². The number of carbonyl (C=O) groups excluding carboxylic acids is 4. The van der Waals surface area contributed by atoms with Gasteiger partial charge in [-0.25, -0.2) is 24.5 Å².